The lowest BCUT2D eigenvalue weighted by Gasteiger charge is -2.12. The predicted octanol–water partition coefficient (Wildman–Crippen LogP) is 3.23. The van der Waals surface area contributed by atoms with E-state index in [9.17, 15) is 14.9 Å². The first kappa shape index (κ1) is 20.0. The van der Waals surface area contributed by atoms with Gasteiger partial charge in [0.05, 0.1) is 18.6 Å². The maximum atomic E-state index is 12.3. The number of nitro benzene ring substituents is 1. The molecule has 2 aromatic carbocycles. The number of non-ortho nitro benzene ring substituents is 1. The van der Waals surface area contributed by atoms with E-state index in [0.29, 0.717) is 36.8 Å². The molecule has 2 rings (SSSR count). The zero-order valence-corrected chi connectivity index (χ0v) is 15.4. The Kier molecular flexibility index (Phi) is 7.42. The van der Waals surface area contributed by atoms with Gasteiger partial charge in [0.1, 0.15) is 0 Å². The molecule has 0 unspecified atom stereocenters. The molecule has 0 radical (unpaired) electrons. The Hall–Kier alpha value is -3.29. The summed E-state index contributed by atoms with van der Waals surface area (Å²) in [6.07, 6.45) is 0.882. The maximum absolute atomic E-state index is 12.3. The first-order valence-corrected chi connectivity index (χ1v) is 8.62. The Balaban J connectivity index is 1.83. The van der Waals surface area contributed by atoms with Crippen LogP contribution >= 0.6 is 0 Å². The highest BCUT2D eigenvalue weighted by Crippen LogP contribution is 2.28. The Labute approximate surface area is 157 Å². The molecule has 0 aliphatic carbocycles. The number of carbonyl (C=O) groups excluding carboxylic acids is 1. The van der Waals surface area contributed by atoms with Crippen LogP contribution in [0.5, 0.6) is 11.5 Å². The molecule has 2 aromatic rings. The number of amides is 1. The van der Waals surface area contributed by atoms with E-state index in [-0.39, 0.29) is 11.6 Å². The van der Waals surface area contributed by atoms with E-state index in [4.69, 9.17) is 9.47 Å². The van der Waals surface area contributed by atoms with Crippen molar-refractivity contribution in [1.29, 1.82) is 0 Å². The summed E-state index contributed by atoms with van der Waals surface area (Å²) in [7, 11) is 1.53. The minimum absolute atomic E-state index is 0.0363. The van der Waals surface area contributed by atoms with Gasteiger partial charge in [0.15, 0.2) is 11.5 Å². The standard InChI is InChI=1S/C19H23N3O5/c1-3-12-27-17-9-4-14(13-18(17)26-2)19(23)21-11-10-20-15-5-7-16(8-6-15)22(24)25/h4-9,13,20H,3,10-12H2,1-2H3,(H,21,23). The summed E-state index contributed by atoms with van der Waals surface area (Å²) in [6.45, 7) is 3.47. The molecule has 2 N–H and O–H groups in total. The molecule has 0 fully saturated rings. The third-order valence-corrected chi connectivity index (χ3v) is 3.71. The molecule has 0 saturated heterocycles. The number of methoxy groups -OCH3 is 1. The number of anilines is 1. The predicted molar refractivity (Wildman–Crippen MR) is 103 cm³/mol. The minimum atomic E-state index is -0.448. The molecule has 0 atom stereocenters. The second-order valence-corrected chi connectivity index (χ2v) is 5.70. The lowest BCUT2D eigenvalue weighted by molar-refractivity contribution is -0.384. The Bertz CT molecular complexity index is 777. The van der Waals surface area contributed by atoms with Gasteiger partial charge in [-0.1, -0.05) is 6.92 Å². The molecular weight excluding hydrogens is 350 g/mol. The van der Waals surface area contributed by atoms with Crippen molar-refractivity contribution in [3.8, 4) is 11.5 Å². The van der Waals surface area contributed by atoms with Gasteiger partial charge in [-0.3, -0.25) is 14.9 Å². The van der Waals surface area contributed by atoms with Crippen molar-refractivity contribution in [2.75, 3.05) is 32.1 Å². The molecule has 0 aliphatic heterocycles. The van der Waals surface area contributed by atoms with Gasteiger partial charge in [-0.25, -0.2) is 0 Å². The van der Waals surface area contributed by atoms with Crippen LogP contribution in [0, 0.1) is 10.1 Å². The van der Waals surface area contributed by atoms with Crippen LogP contribution in [0.4, 0.5) is 11.4 Å². The molecule has 144 valence electrons. The van der Waals surface area contributed by atoms with Gasteiger partial charge in [0.25, 0.3) is 11.6 Å². The van der Waals surface area contributed by atoms with Gasteiger partial charge in [-0.05, 0) is 36.8 Å². The zero-order valence-electron chi connectivity index (χ0n) is 15.4. The highest BCUT2D eigenvalue weighted by atomic mass is 16.6. The van der Waals surface area contributed by atoms with Crippen molar-refractivity contribution < 1.29 is 19.2 Å². The summed E-state index contributed by atoms with van der Waals surface area (Å²) < 4.78 is 10.9. The number of hydrogen-bond acceptors (Lipinski definition) is 6. The summed E-state index contributed by atoms with van der Waals surface area (Å²) >= 11 is 0. The smallest absolute Gasteiger partial charge is 0.269 e. The van der Waals surface area contributed by atoms with Crippen LogP contribution in [0.15, 0.2) is 42.5 Å². The van der Waals surface area contributed by atoms with E-state index in [1.165, 1.54) is 19.2 Å². The normalized spacial score (nSPS) is 10.1. The Morgan fingerprint density at radius 2 is 1.85 bits per heavy atom. The van der Waals surface area contributed by atoms with Gasteiger partial charge in [-0.15, -0.1) is 0 Å². The molecule has 0 saturated carbocycles. The van der Waals surface area contributed by atoms with Gasteiger partial charge in [0.2, 0.25) is 0 Å². The molecule has 0 spiro atoms. The van der Waals surface area contributed by atoms with Gasteiger partial charge < -0.3 is 20.1 Å². The number of nitrogens with one attached hydrogen (secondary N) is 2. The van der Waals surface area contributed by atoms with E-state index in [2.05, 4.69) is 10.6 Å². The van der Waals surface area contributed by atoms with Crippen molar-refractivity contribution in [1.82, 2.24) is 5.32 Å². The van der Waals surface area contributed by atoms with Crippen LogP contribution in [-0.2, 0) is 0 Å². The van der Waals surface area contributed by atoms with E-state index in [1.54, 1.807) is 30.3 Å². The molecule has 8 heteroatoms. The maximum Gasteiger partial charge on any atom is 0.269 e. The largest absolute Gasteiger partial charge is 0.493 e. The Morgan fingerprint density at radius 3 is 2.48 bits per heavy atom. The van der Waals surface area contributed by atoms with Crippen molar-refractivity contribution in [3.63, 3.8) is 0 Å². The molecule has 0 bridgehead atoms. The topological polar surface area (TPSA) is 103 Å². The van der Waals surface area contributed by atoms with Gasteiger partial charge in [-0.2, -0.15) is 0 Å². The number of carbonyl (C=O) groups is 1. The summed E-state index contributed by atoms with van der Waals surface area (Å²) in [6, 6.07) is 11.2. The fourth-order valence-corrected chi connectivity index (χ4v) is 2.33. The second-order valence-electron chi connectivity index (χ2n) is 5.70. The number of hydrogen-bond donors (Lipinski definition) is 2. The van der Waals surface area contributed by atoms with Crippen molar-refractivity contribution >= 4 is 17.3 Å². The van der Waals surface area contributed by atoms with Crippen LogP contribution in [0.3, 0.4) is 0 Å². The second kappa shape index (κ2) is 10.0. The van der Waals surface area contributed by atoms with E-state index in [1.807, 2.05) is 6.92 Å². The number of nitro groups is 1. The summed E-state index contributed by atoms with van der Waals surface area (Å²) in [5, 5.41) is 16.5. The Morgan fingerprint density at radius 1 is 1.11 bits per heavy atom. The number of benzene rings is 2. The summed E-state index contributed by atoms with van der Waals surface area (Å²) in [5.41, 5.74) is 1.26. The van der Waals surface area contributed by atoms with Crippen molar-refractivity contribution in [2.45, 2.75) is 13.3 Å². The molecule has 0 aliphatic rings. The lowest BCUT2D eigenvalue weighted by atomic mass is 10.2. The fourth-order valence-electron chi connectivity index (χ4n) is 2.33. The van der Waals surface area contributed by atoms with Crippen molar-refractivity contribution in [3.05, 3.63) is 58.1 Å². The van der Waals surface area contributed by atoms with Crippen LogP contribution in [0.25, 0.3) is 0 Å². The van der Waals surface area contributed by atoms with E-state index < -0.39 is 4.92 Å². The van der Waals surface area contributed by atoms with Crippen molar-refractivity contribution in [2.24, 2.45) is 0 Å². The molecule has 0 aromatic heterocycles. The lowest BCUT2D eigenvalue weighted by Crippen LogP contribution is -2.28. The van der Waals surface area contributed by atoms with Crippen LogP contribution < -0.4 is 20.1 Å². The third-order valence-electron chi connectivity index (χ3n) is 3.71. The first-order chi connectivity index (χ1) is 13.0. The molecule has 27 heavy (non-hydrogen) atoms. The van der Waals surface area contributed by atoms with Crippen LogP contribution in [-0.4, -0.2) is 37.6 Å². The quantitative estimate of drug-likeness (QED) is 0.376. The molecule has 8 nitrogen and oxygen atoms in total. The summed E-state index contributed by atoms with van der Waals surface area (Å²) in [4.78, 5) is 22.4. The van der Waals surface area contributed by atoms with E-state index >= 15 is 0 Å². The molecular formula is C19H23N3O5. The zero-order chi connectivity index (χ0) is 19.6. The number of nitrogens with zero attached hydrogens (tertiary/aromatic N) is 1. The first-order valence-electron chi connectivity index (χ1n) is 8.62. The monoisotopic (exact) mass is 373 g/mol. The van der Waals surface area contributed by atoms with Crippen LogP contribution in [0.2, 0.25) is 0 Å². The molecule has 1 amide bonds. The van der Waals surface area contributed by atoms with E-state index in [0.717, 1.165) is 12.1 Å². The van der Waals surface area contributed by atoms with Gasteiger partial charge in [0, 0.05) is 36.5 Å². The van der Waals surface area contributed by atoms with Crippen LogP contribution in [0.1, 0.15) is 23.7 Å². The highest BCUT2D eigenvalue weighted by Gasteiger charge is 2.11. The highest BCUT2D eigenvalue weighted by molar-refractivity contribution is 5.94. The average molecular weight is 373 g/mol. The summed E-state index contributed by atoms with van der Waals surface area (Å²) in [5.74, 6) is 0.900. The fraction of sp³-hybridized carbons (Fsp3) is 0.316. The number of ether oxygens (including phenoxy) is 2. The van der Waals surface area contributed by atoms with Gasteiger partial charge >= 0.3 is 0 Å². The minimum Gasteiger partial charge on any atom is -0.493 e. The molecule has 0 heterocycles. The third kappa shape index (κ3) is 5.88. The number of rotatable bonds is 10. The average Bonchev–Trinajstić information content (AvgIpc) is 2.69. The SMILES string of the molecule is CCCOc1ccc(C(=O)NCCNc2ccc([N+](=O)[O-])cc2)cc1OC.